The van der Waals surface area contributed by atoms with Gasteiger partial charge in [-0.15, -0.1) is 11.3 Å². The summed E-state index contributed by atoms with van der Waals surface area (Å²) in [6.07, 6.45) is 7.91. The fourth-order valence-corrected chi connectivity index (χ4v) is 4.27. The molecular weight excluding hydrogens is 390 g/mol. The smallest absolute Gasteiger partial charge is 0.177 e. The molecule has 5 heterocycles. The van der Waals surface area contributed by atoms with Crippen LogP contribution in [0.1, 0.15) is 0 Å². The molecule has 4 N–H and O–H groups in total. The van der Waals surface area contributed by atoms with Crippen molar-refractivity contribution < 1.29 is 14.6 Å². The highest BCUT2D eigenvalue weighted by Gasteiger charge is 2.18. The van der Waals surface area contributed by atoms with E-state index in [-0.39, 0.29) is 13.2 Å². The molecular formula is C20H17N5O3S. The largest absolute Gasteiger partial charge is 0.452 e. The van der Waals surface area contributed by atoms with Crippen LogP contribution in [0.25, 0.3) is 43.5 Å². The quantitative estimate of drug-likeness (QED) is 0.409. The monoisotopic (exact) mass is 407 g/mol. The summed E-state index contributed by atoms with van der Waals surface area (Å²) >= 11 is 1.61. The Bertz CT molecular complexity index is 1320. The van der Waals surface area contributed by atoms with Crippen molar-refractivity contribution >= 4 is 38.2 Å². The first kappa shape index (κ1) is 17.8. The van der Waals surface area contributed by atoms with Crippen LogP contribution in [0.3, 0.4) is 0 Å². The number of nitrogens with zero attached hydrogens (tertiary/aromatic N) is 4. The molecule has 9 heteroatoms. The Morgan fingerprint density at radius 1 is 1.21 bits per heavy atom. The Hall–Kier alpha value is -3.27. The molecule has 0 aliphatic rings. The second-order valence-electron chi connectivity index (χ2n) is 6.72. The summed E-state index contributed by atoms with van der Waals surface area (Å²) in [6.45, 7) is -0.119. The van der Waals surface area contributed by atoms with Gasteiger partial charge in [0.05, 0.1) is 30.2 Å². The lowest BCUT2D eigenvalue weighted by atomic mass is 10.1. The predicted molar refractivity (Wildman–Crippen MR) is 111 cm³/mol. The van der Waals surface area contributed by atoms with Crippen LogP contribution in [0.15, 0.2) is 52.9 Å². The highest BCUT2D eigenvalue weighted by molar-refractivity contribution is 7.17. The highest BCUT2D eigenvalue weighted by atomic mass is 32.1. The summed E-state index contributed by atoms with van der Waals surface area (Å²) in [5, 5.41) is 26.9. The highest BCUT2D eigenvalue weighted by Crippen LogP contribution is 2.40. The first-order valence-corrected chi connectivity index (χ1v) is 9.83. The van der Waals surface area contributed by atoms with Crippen molar-refractivity contribution in [3.8, 4) is 22.5 Å². The molecule has 0 aliphatic heterocycles. The molecule has 0 fully saturated rings. The van der Waals surface area contributed by atoms with Crippen molar-refractivity contribution in [3.63, 3.8) is 0 Å². The van der Waals surface area contributed by atoms with Crippen LogP contribution >= 0.6 is 11.3 Å². The van der Waals surface area contributed by atoms with E-state index < -0.39 is 6.10 Å². The number of aromatic nitrogens is 4. The number of nitrogen functional groups attached to an aromatic ring is 1. The second-order valence-corrected chi connectivity index (χ2v) is 7.63. The Labute approximate surface area is 168 Å². The Kier molecular flexibility index (Phi) is 4.27. The zero-order chi connectivity index (χ0) is 20.0. The van der Waals surface area contributed by atoms with Crippen LogP contribution in [-0.4, -0.2) is 42.7 Å². The zero-order valence-electron chi connectivity index (χ0n) is 15.2. The lowest BCUT2D eigenvalue weighted by Crippen LogP contribution is -2.19. The molecule has 0 amide bonds. The topological polar surface area (TPSA) is 123 Å². The van der Waals surface area contributed by atoms with Crippen LogP contribution in [0.5, 0.6) is 0 Å². The number of anilines is 1. The molecule has 0 saturated carbocycles. The van der Waals surface area contributed by atoms with E-state index in [0.717, 1.165) is 32.2 Å². The van der Waals surface area contributed by atoms with E-state index in [1.54, 1.807) is 40.8 Å². The molecule has 0 bridgehead atoms. The molecule has 5 aromatic rings. The van der Waals surface area contributed by atoms with Crippen LogP contribution in [0, 0.1) is 0 Å². The molecule has 5 aromatic heterocycles. The van der Waals surface area contributed by atoms with Crippen molar-refractivity contribution in [2.24, 2.45) is 0 Å². The number of pyridine rings is 2. The number of rotatable bonds is 5. The van der Waals surface area contributed by atoms with Crippen LogP contribution in [0.2, 0.25) is 0 Å². The van der Waals surface area contributed by atoms with Crippen molar-refractivity contribution in [3.05, 3.63) is 48.5 Å². The average Bonchev–Trinajstić information content (AvgIpc) is 3.46. The standard InChI is InChI=1S/C20H17N5O3S/c21-20-19-14(3-17(28-19)16-10-29-18-6-22-2-1-13(16)18)15(5-23-20)11-4-24-25(7-11)8-12(27)9-26/h1-7,10,12,26-27H,8-9H2,(H2,21,23)/t12-/m1/s1. The first-order valence-electron chi connectivity index (χ1n) is 8.95. The van der Waals surface area contributed by atoms with Crippen LogP contribution < -0.4 is 5.73 Å². The third-order valence-electron chi connectivity index (χ3n) is 4.78. The Balaban J connectivity index is 1.62. The lowest BCUT2D eigenvalue weighted by molar-refractivity contribution is 0.0783. The normalized spacial score (nSPS) is 12.8. The molecule has 0 radical (unpaired) electrons. The van der Waals surface area contributed by atoms with Crippen molar-refractivity contribution in [2.45, 2.75) is 12.6 Å². The number of thiophene rings is 1. The molecule has 0 aromatic carbocycles. The molecule has 5 rings (SSSR count). The summed E-state index contributed by atoms with van der Waals surface area (Å²) in [5.74, 6) is 1.03. The molecule has 1 atom stereocenters. The van der Waals surface area contributed by atoms with Crippen LogP contribution in [-0.2, 0) is 6.54 Å². The minimum atomic E-state index is -0.866. The Morgan fingerprint density at radius 3 is 2.97 bits per heavy atom. The van der Waals surface area contributed by atoms with Gasteiger partial charge in [0.25, 0.3) is 0 Å². The predicted octanol–water partition coefficient (Wildman–Crippen LogP) is 2.90. The molecule has 0 saturated heterocycles. The number of furan rings is 1. The van der Waals surface area contributed by atoms with Gasteiger partial charge in [-0.2, -0.15) is 5.10 Å². The summed E-state index contributed by atoms with van der Waals surface area (Å²) in [7, 11) is 0. The third-order valence-corrected chi connectivity index (χ3v) is 5.72. The summed E-state index contributed by atoms with van der Waals surface area (Å²) in [4.78, 5) is 8.44. The first-order chi connectivity index (χ1) is 14.1. The number of aliphatic hydroxyl groups is 2. The maximum atomic E-state index is 9.64. The number of hydrogen-bond donors (Lipinski definition) is 3. The van der Waals surface area contributed by atoms with E-state index in [9.17, 15) is 5.11 Å². The van der Waals surface area contributed by atoms with E-state index in [1.165, 1.54) is 0 Å². The molecule has 0 unspecified atom stereocenters. The summed E-state index contributed by atoms with van der Waals surface area (Å²) in [6, 6.07) is 3.93. The van der Waals surface area contributed by atoms with Gasteiger partial charge < -0.3 is 20.4 Å². The summed E-state index contributed by atoms with van der Waals surface area (Å²) < 4.78 is 8.76. The van der Waals surface area contributed by atoms with Gasteiger partial charge >= 0.3 is 0 Å². The maximum absolute atomic E-state index is 9.64. The number of fused-ring (bicyclic) bond motifs is 2. The molecule has 146 valence electrons. The van der Waals surface area contributed by atoms with Gasteiger partial charge in [-0.05, 0) is 12.1 Å². The number of nitrogens with two attached hydrogens (primary N) is 1. The molecule has 0 aliphatic carbocycles. The van der Waals surface area contributed by atoms with E-state index >= 15 is 0 Å². The third kappa shape index (κ3) is 3.05. The van der Waals surface area contributed by atoms with Crippen LogP contribution in [0.4, 0.5) is 5.82 Å². The van der Waals surface area contributed by atoms with E-state index in [4.69, 9.17) is 15.3 Å². The van der Waals surface area contributed by atoms with Gasteiger partial charge in [0, 0.05) is 57.6 Å². The molecule has 8 nitrogen and oxygen atoms in total. The van der Waals surface area contributed by atoms with Gasteiger partial charge in [0.15, 0.2) is 11.4 Å². The fraction of sp³-hybridized carbons (Fsp3) is 0.150. The molecule has 29 heavy (non-hydrogen) atoms. The van der Waals surface area contributed by atoms with E-state index in [2.05, 4.69) is 15.1 Å². The minimum absolute atomic E-state index is 0.202. The van der Waals surface area contributed by atoms with Crippen molar-refractivity contribution in [1.29, 1.82) is 0 Å². The van der Waals surface area contributed by atoms with Crippen molar-refractivity contribution in [1.82, 2.24) is 19.7 Å². The van der Waals surface area contributed by atoms with Gasteiger partial charge in [0.1, 0.15) is 5.76 Å². The number of hydrogen-bond acceptors (Lipinski definition) is 8. The van der Waals surface area contributed by atoms with Crippen molar-refractivity contribution in [2.75, 3.05) is 12.3 Å². The zero-order valence-corrected chi connectivity index (χ0v) is 16.0. The number of aliphatic hydroxyl groups excluding tert-OH is 2. The lowest BCUT2D eigenvalue weighted by Gasteiger charge is -2.06. The average molecular weight is 407 g/mol. The molecule has 0 spiro atoms. The fourth-order valence-electron chi connectivity index (χ4n) is 3.36. The van der Waals surface area contributed by atoms with E-state index in [0.29, 0.717) is 17.2 Å². The van der Waals surface area contributed by atoms with Gasteiger partial charge in [-0.3, -0.25) is 9.67 Å². The Morgan fingerprint density at radius 2 is 2.10 bits per heavy atom. The van der Waals surface area contributed by atoms with Gasteiger partial charge in [0.2, 0.25) is 0 Å². The van der Waals surface area contributed by atoms with E-state index in [1.807, 2.05) is 23.7 Å². The second kappa shape index (κ2) is 6.96. The van der Waals surface area contributed by atoms with Gasteiger partial charge in [-0.25, -0.2) is 4.98 Å². The minimum Gasteiger partial charge on any atom is -0.452 e. The SMILES string of the molecule is Nc1ncc(-c2cnn(C[C@@H](O)CO)c2)c2cc(-c3csc4cnccc34)oc12. The maximum Gasteiger partial charge on any atom is 0.177 e. The van der Waals surface area contributed by atoms with Gasteiger partial charge in [-0.1, -0.05) is 0 Å². The summed E-state index contributed by atoms with van der Waals surface area (Å²) in [5.41, 5.74) is 9.23.